The van der Waals surface area contributed by atoms with E-state index in [9.17, 15) is 22.4 Å². The summed E-state index contributed by atoms with van der Waals surface area (Å²) in [6, 6.07) is 19.5. The Morgan fingerprint density at radius 3 is 2.34 bits per heavy atom. The Morgan fingerprint density at radius 2 is 1.68 bits per heavy atom. The molecule has 1 N–H and O–H groups in total. The van der Waals surface area contributed by atoms with E-state index in [2.05, 4.69) is 5.32 Å². The molecule has 2 aliphatic heterocycles. The van der Waals surface area contributed by atoms with E-state index in [-0.39, 0.29) is 36.5 Å². The van der Waals surface area contributed by atoms with E-state index < -0.39 is 34.4 Å². The van der Waals surface area contributed by atoms with Crippen LogP contribution in [0.15, 0.2) is 83.8 Å². The number of halogens is 1. The van der Waals surface area contributed by atoms with Crippen molar-refractivity contribution >= 4 is 21.8 Å². The average molecular weight is 626 g/mol. The molecule has 0 unspecified atom stereocenters. The van der Waals surface area contributed by atoms with Gasteiger partial charge in [-0.3, -0.25) is 9.59 Å². The Kier molecular flexibility index (Phi) is 10.6. The summed E-state index contributed by atoms with van der Waals surface area (Å²) in [4.78, 5) is 29.0. The number of hydrogen-bond donors (Lipinski definition) is 1. The van der Waals surface area contributed by atoms with Crippen LogP contribution in [0.2, 0.25) is 0 Å². The normalized spacial score (nSPS) is 18.0. The van der Waals surface area contributed by atoms with Crippen LogP contribution >= 0.6 is 0 Å². The lowest BCUT2D eigenvalue weighted by Gasteiger charge is -2.32. The number of carbonyl (C=O) groups is 2. The summed E-state index contributed by atoms with van der Waals surface area (Å²) in [6.45, 7) is 1.81. The highest BCUT2D eigenvalue weighted by Gasteiger charge is 2.33. The lowest BCUT2D eigenvalue weighted by molar-refractivity contribution is -0.143. The number of benzene rings is 3. The summed E-state index contributed by atoms with van der Waals surface area (Å²) in [5.41, 5.74) is 1.23. The van der Waals surface area contributed by atoms with Crippen molar-refractivity contribution in [3.63, 3.8) is 0 Å². The Morgan fingerprint density at radius 1 is 0.977 bits per heavy atom. The van der Waals surface area contributed by atoms with Gasteiger partial charge in [-0.2, -0.15) is 4.31 Å². The van der Waals surface area contributed by atoms with Crippen LogP contribution in [0.25, 0.3) is 0 Å². The zero-order chi connectivity index (χ0) is 30.9. The molecule has 2 amide bonds. The molecule has 234 valence electrons. The zero-order valence-electron chi connectivity index (χ0n) is 24.3. The number of carbonyl (C=O) groups excluding carboxylic acids is 2. The second-order valence-corrected chi connectivity index (χ2v) is 12.6. The lowest BCUT2D eigenvalue weighted by atomic mass is 10.0. The molecule has 0 bridgehead atoms. The molecule has 0 saturated carbocycles. The monoisotopic (exact) mass is 625 g/mol. The molecule has 2 heterocycles. The average Bonchev–Trinajstić information content (AvgIpc) is 3.58. The predicted molar refractivity (Wildman–Crippen MR) is 160 cm³/mol. The molecule has 2 atom stereocenters. The van der Waals surface area contributed by atoms with Crippen LogP contribution in [0.4, 0.5) is 4.39 Å². The third-order valence-electron chi connectivity index (χ3n) is 7.58. The summed E-state index contributed by atoms with van der Waals surface area (Å²) in [5.74, 6) is -0.983. The molecule has 0 aliphatic carbocycles. The van der Waals surface area contributed by atoms with E-state index >= 15 is 0 Å². The predicted octanol–water partition coefficient (Wildman–Crippen LogP) is 3.29. The van der Waals surface area contributed by atoms with Gasteiger partial charge in [0, 0.05) is 32.8 Å². The van der Waals surface area contributed by atoms with Crippen molar-refractivity contribution in [1.82, 2.24) is 14.5 Å². The Bertz CT molecular complexity index is 1490. The highest BCUT2D eigenvalue weighted by molar-refractivity contribution is 7.89. The van der Waals surface area contributed by atoms with Gasteiger partial charge in [-0.25, -0.2) is 12.8 Å². The van der Waals surface area contributed by atoms with Crippen LogP contribution in [0.1, 0.15) is 30.0 Å². The second-order valence-electron chi connectivity index (χ2n) is 10.6. The Balaban J connectivity index is 1.34. The summed E-state index contributed by atoms with van der Waals surface area (Å²) < 4.78 is 57.7. The van der Waals surface area contributed by atoms with Gasteiger partial charge in [-0.1, -0.05) is 42.5 Å². The second kappa shape index (κ2) is 14.8. The maximum Gasteiger partial charge on any atom is 0.261 e. The minimum atomic E-state index is -3.68. The van der Waals surface area contributed by atoms with Crippen molar-refractivity contribution < 1.29 is 36.6 Å². The van der Waals surface area contributed by atoms with Gasteiger partial charge < -0.3 is 24.4 Å². The molecule has 0 radical (unpaired) electrons. The first-order valence-corrected chi connectivity index (χ1v) is 16.0. The van der Waals surface area contributed by atoms with Crippen LogP contribution < -0.4 is 10.1 Å². The molecule has 0 aromatic heterocycles. The Hall–Kier alpha value is -3.84. The maximum absolute atomic E-state index is 13.8. The molecular formula is C32H36FN3O7S. The first-order chi connectivity index (χ1) is 21.3. The number of morpholine rings is 1. The van der Waals surface area contributed by atoms with Crippen LogP contribution in [0, 0.1) is 5.82 Å². The third-order valence-corrected chi connectivity index (χ3v) is 9.50. The van der Waals surface area contributed by atoms with E-state index in [1.807, 2.05) is 6.07 Å². The molecule has 12 heteroatoms. The van der Waals surface area contributed by atoms with E-state index in [1.165, 1.54) is 45.6 Å². The van der Waals surface area contributed by atoms with Gasteiger partial charge in [0.05, 0.1) is 24.2 Å². The van der Waals surface area contributed by atoms with E-state index in [0.29, 0.717) is 43.2 Å². The number of rotatable bonds is 12. The molecule has 2 saturated heterocycles. The smallest absolute Gasteiger partial charge is 0.261 e. The number of nitrogens with one attached hydrogen (secondary N) is 1. The largest absolute Gasteiger partial charge is 0.484 e. The van der Waals surface area contributed by atoms with Gasteiger partial charge in [-0.15, -0.1) is 0 Å². The van der Waals surface area contributed by atoms with Crippen molar-refractivity contribution in [1.29, 1.82) is 0 Å². The highest BCUT2D eigenvalue weighted by atomic mass is 32.2. The number of sulfonamides is 1. The third kappa shape index (κ3) is 8.00. The van der Waals surface area contributed by atoms with Gasteiger partial charge in [0.1, 0.15) is 17.6 Å². The minimum Gasteiger partial charge on any atom is -0.484 e. The topological polar surface area (TPSA) is 114 Å². The van der Waals surface area contributed by atoms with Crippen LogP contribution in [-0.4, -0.2) is 81.6 Å². The van der Waals surface area contributed by atoms with Crippen molar-refractivity contribution in [3.05, 3.63) is 95.8 Å². The molecule has 3 aromatic carbocycles. The molecule has 3 aromatic rings. The molecule has 10 nitrogen and oxygen atoms in total. The fourth-order valence-electron chi connectivity index (χ4n) is 5.21. The number of hydrogen-bond acceptors (Lipinski definition) is 7. The zero-order valence-corrected chi connectivity index (χ0v) is 25.1. The summed E-state index contributed by atoms with van der Waals surface area (Å²) >= 11 is 0. The van der Waals surface area contributed by atoms with E-state index in [4.69, 9.17) is 14.2 Å². The number of ether oxygens (including phenoxy) is 3. The highest BCUT2D eigenvalue weighted by Crippen LogP contribution is 2.26. The lowest BCUT2D eigenvalue weighted by Crippen LogP contribution is -2.46. The SMILES string of the molecule is O=C(NC[C@@H]1CCCO1)[C@@H](c1ccccc1)N(Cc1ccc(F)cc1)C(=O)COc1ccc(S(=O)(=O)N2CCOCC2)cc1. The molecule has 2 fully saturated rings. The first-order valence-electron chi connectivity index (χ1n) is 14.6. The van der Waals surface area contributed by atoms with Crippen molar-refractivity contribution in [2.24, 2.45) is 0 Å². The summed E-state index contributed by atoms with van der Waals surface area (Å²) in [6.07, 6.45) is 1.68. The molecule has 0 spiro atoms. The quantitative estimate of drug-likeness (QED) is 0.329. The molecular weight excluding hydrogens is 589 g/mol. The maximum atomic E-state index is 13.8. The van der Waals surface area contributed by atoms with Crippen molar-refractivity contribution in [2.75, 3.05) is 46.1 Å². The van der Waals surface area contributed by atoms with Crippen molar-refractivity contribution in [2.45, 2.75) is 36.4 Å². The standard InChI is InChI=1S/C32H36FN3O7S/c33-26-10-8-24(9-11-26)22-36(31(25-5-2-1-3-6-25)32(38)34-21-28-7-4-18-42-28)30(37)23-43-27-12-14-29(15-13-27)44(39,40)35-16-19-41-20-17-35/h1-3,5-6,8-15,28,31H,4,7,16-23H2,(H,34,38)/t28-,31+/m0/s1. The van der Waals surface area contributed by atoms with Crippen LogP contribution in [0.3, 0.4) is 0 Å². The minimum absolute atomic E-state index is 0.0200. The van der Waals surface area contributed by atoms with Gasteiger partial charge in [-0.05, 0) is 60.4 Å². The van der Waals surface area contributed by atoms with Gasteiger partial charge in [0.15, 0.2) is 6.61 Å². The number of nitrogens with zero attached hydrogens (tertiary/aromatic N) is 2. The van der Waals surface area contributed by atoms with E-state index in [0.717, 1.165) is 12.8 Å². The van der Waals surface area contributed by atoms with Crippen LogP contribution in [0.5, 0.6) is 5.75 Å². The van der Waals surface area contributed by atoms with Crippen molar-refractivity contribution in [3.8, 4) is 5.75 Å². The first kappa shape index (κ1) is 31.6. The molecule has 44 heavy (non-hydrogen) atoms. The summed E-state index contributed by atoms with van der Waals surface area (Å²) in [7, 11) is -3.68. The summed E-state index contributed by atoms with van der Waals surface area (Å²) in [5, 5.41) is 2.95. The Labute approximate surface area is 256 Å². The van der Waals surface area contributed by atoms with Crippen LogP contribution in [-0.2, 0) is 35.6 Å². The van der Waals surface area contributed by atoms with Gasteiger partial charge in [0.25, 0.3) is 5.91 Å². The fourth-order valence-corrected chi connectivity index (χ4v) is 6.61. The van der Waals surface area contributed by atoms with Gasteiger partial charge in [0.2, 0.25) is 15.9 Å². The fraction of sp³-hybridized carbons (Fsp3) is 0.375. The van der Waals surface area contributed by atoms with E-state index in [1.54, 1.807) is 36.4 Å². The molecule has 5 rings (SSSR count). The van der Waals surface area contributed by atoms with Gasteiger partial charge >= 0.3 is 0 Å². The number of amides is 2. The molecule has 2 aliphatic rings.